The maximum Gasteiger partial charge on any atom is 0.307 e. The van der Waals surface area contributed by atoms with Gasteiger partial charge in [0, 0.05) is 0 Å². The number of allylic oxidation sites excluding steroid dienone is 2. The second-order valence-electron chi connectivity index (χ2n) is 3.96. The molecule has 0 radical (unpaired) electrons. The summed E-state index contributed by atoms with van der Waals surface area (Å²) < 4.78 is 4.87. The first-order valence-electron chi connectivity index (χ1n) is 6.15. The van der Waals surface area contributed by atoms with Gasteiger partial charge in [-0.1, -0.05) is 32.4 Å². The van der Waals surface area contributed by atoms with Gasteiger partial charge in [0.1, 0.15) is 0 Å². The Kier molecular flexibility index (Phi) is 9.11. The quantitative estimate of drug-likeness (QED) is 0.499. The number of hydrogen-bond acceptors (Lipinski definition) is 3. The van der Waals surface area contributed by atoms with Crippen LogP contribution in [0.15, 0.2) is 12.2 Å². The molecule has 0 aliphatic carbocycles. The van der Waals surface area contributed by atoms with Gasteiger partial charge in [-0.3, -0.25) is 9.59 Å². The zero-order valence-electron chi connectivity index (χ0n) is 10.6. The van der Waals surface area contributed by atoms with E-state index in [1.165, 1.54) is 0 Å². The van der Waals surface area contributed by atoms with Crippen LogP contribution >= 0.6 is 0 Å². The molecule has 1 atom stereocenters. The van der Waals surface area contributed by atoms with Crippen molar-refractivity contribution in [2.75, 3.05) is 6.61 Å². The molecular weight excluding hydrogens is 220 g/mol. The van der Waals surface area contributed by atoms with Crippen LogP contribution in [0.3, 0.4) is 0 Å². The van der Waals surface area contributed by atoms with Gasteiger partial charge in [0.05, 0.1) is 18.9 Å². The van der Waals surface area contributed by atoms with Gasteiger partial charge in [0.25, 0.3) is 0 Å². The van der Waals surface area contributed by atoms with Crippen LogP contribution in [0.1, 0.15) is 46.0 Å². The highest BCUT2D eigenvalue weighted by molar-refractivity contribution is 5.78. The summed E-state index contributed by atoms with van der Waals surface area (Å²) in [7, 11) is 0. The lowest BCUT2D eigenvalue weighted by Gasteiger charge is -2.09. The Morgan fingerprint density at radius 1 is 1.24 bits per heavy atom. The minimum atomic E-state index is -0.945. The molecule has 0 heterocycles. The molecular formula is C13H22O4. The second kappa shape index (κ2) is 9.87. The van der Waals surface area contributed by atoms with Crippen LogP contribution in [0.25, 0.3) is 0 Å². The van der Waals surface area contributed by atoms with Crippen molar-refractivity contribution in [3.63, 3.8) is 0 Å². The fraction of sp³-hybridized carbons (Fsp3) is 0.692. The molecule has 0 amide bonds. The number of carbonyl (C=O) groups excluding carboxylic acids is 1. The van der Waals surface area contributed by atoms with Crippen molar-refractivity contribution in [3.05, 3.63) is 12.2 Å². The number of carboxylic acids is 1. The Morgan fingerprint density at radius 3 is 2.47 bits per heavy atom. The normalized spacial score (nSPS) is 12.6. The van der Waals surface area contributed by atoms with Crippen LogP contribution in [0, 0.1) is 5.92 Å². The third kappa shape index (κ3) is 8.48. The van der Waals surface area contributed by atoms with E-state index in [9.17, 15) is 9.59 Å². The van der Waals surface area contributed by atoms with Crippen molar-refractivity contribution < 1.29 is 19.4 Å². The van der Waals surface area contributed by atoms with E-state index in [0.717, 1.165) is 19.3 Å². The SMILES string of the molecule is CCC/C=C/CC(CC(=O)OCCC)C(=O)O. The summed E-state index contributed by atoms with van der Waals surface area (Å²) in [6, 6.07) is 0. The molecule has 0 saturated carbocycles. The zero-order chi connectivity index (χ0) is 13.1. The maximum absolute atomic E-state index is 11.3. The van der Waals surface area contributed by atoms with Crippen molar-refractivity contribution in [3.8, 4) is 0 Å². The van der Waals surface area contributed by atoms with E-state index >= 15 is 0 Å². The molecule has 0 aromatic heterocycles. The first kappa shape index (κ1) is 15.7. The van der Waals surface area contributed by atoms with Crippen LogP contribution in [0.4, 0.5) is 0 Å². The van der Waals surface area contributed by atoms with E-state index in [-0.39, 0.29) is 6.42 Å². The summed E-state index contributed by atoms with van der Waals surface area (Å²) in [5, 5.41) is 8.96. The Hall–Kier alpha value is -1.32. The molecule has 0 saturated heterocycles. The average Bonchev–Trinajstić information content (AvgIpc) is 2.30. The Balaban J connectivity index is 4.06. The van der Waals surface area contributed by atoms with Crippen molar-refractivity contribution in [2.24, 2.45) is 5.92 Å². The number of ether oxygens (including phenoxy) is 1. The molecule has 0 fully saturated rings. The molecule has 4 nitrogen and oxygen atoms in total. The molecule has 0 aliphatic heterocycles. The van der Waals surface area contributed by atoms with E-state index in [4.69, 9.17) is 9.84 Å². The average molecular weight is 242 g/mol. The lowest BCUT2D eigenvalue weighted by molar-refractivity contribution is -0.151. The predicted molar refractivity (Wildman–Crippen MR) is 65.7 cm³/mol. The molecule has 98 valence electrons. The molecule has 0 spiro atoms. The van der Waals surface area contributed by atoms with E-state index in [2.05, 4.69) is 6.92 Å². The van der Waals surface area contributed by atoms with Crippen molar-refractivity contribution in [1.29, 1.82) is 0 Å². The lowest BCUT2D eigenvalue weighted by atomic mass is 10.0. The van der Waals surface area contributed by atoms with Gasteiger partial charge in [0.15, 0.2) is 0 Å². The summed E-state index contributed by atoms with van der Waals surface area (Å²) in [5.74, 6) is -2.05. The second-order valence-corrected chi connectivity index (χ2v) is 3.96. The summed E-state index contributed by atoms with van der Waals surface area (Å²) in [4.78, 5) is 22.2. The third-order valence-corrected chi connectivity index (χ3v) is 2.27. The summed E-state index contributed by atoms with van der Waals surface area (Å²) in [5.41, 5.74) is 0. The Bertz CT molecular complexity index is 258. The lowest BCUT2D eigenvalue weighted by Crippen LogP contribution is -2.19. The van der Waals surface area contributed by atoms with Crippen LogP contribution in [-0.2, 0) is 14.3 Å². The number of unbranched alkanes of at least 4 members (excludes halogenated alkanes) is 1. The van der Waals surface area contributed by atoms with Crippen molar-refractivity contribution >= 4 is 11.9 Å². The fourth-order valence-corrected chi connectivity index (χ4v) is 1.29. The van der Waals surface area contributed by atoms with Gasteiger partial charge in [-0.15, -0.1) is 0 Å². The van der Waals surface area contributed by atoms with Crippen LogP contribution < -0.4 is 0 Å². The molecule has 0 aromatic carbocycles. The van der Waals surface area contributed by atoms with Gasteiger partial charge in [0.2, 0.25) is 0 Å². The topological polar surface area (TPSA) is 63.6 Å². The van der Waals surface area contributed by atoms with E-state index in [1.54, 1.807) is 0 Å². The largest absolute Gasteiger partial charge is 0.481 e. The Morgan fingerprint density at radius 2 is 1.94 bits per heavy atom. The van der Waals surface area contributed by atoms with Gasteiger partial charge in [-0.2, -0.15) is 0 Å². The molecule has 1 unspecified atom stereocenters. The van der Waals surface area contributed by atoms with Crippen LogP contribution in [0.2, 0.25) is 0 Å². The smallest absolute Gasteiger partial charge is 0.307 e. The van der Waals surface area contributed by atoms with E-state index in [1.807, 2.05) is 19.1 Å². The number of carboxylic acid groups (broad SMARTS) is 1. The minimum Gasteiger partial charge on any atom is -0.481 e. The fourth-order valence-electron chi connectivity index (χ4n) is 1.29. The monoisotopic (exact) mass is 242 g/mol. The highest BCUT2D eigenvalue weighted by Crippen LogP contribution is 2.11. The highest BCUT2D eigenvalue weighted by Gasteiger charge is 2.20. The summed E-state index contributed by atoms with van der Waals surface area (Å²) in [6.07, 6.45) is 6.84. The number of hydrogen-bond donors (Lipinski definition) is 1. The summed E-state index contributed by atoms with van der Waals surface area (Å²) in [6.45, 7) is 4.31. The maximum atomic E-state index is 11.3. The van der Waals surface area contributed by atoms with Gasteiger partial charge in [-0.05, 0) is 19.3 Å². The molecule has 0 aliphatic rings. The summed E-state index contributed by atoms with van der Waals surface area (Å²) >= 11 is 0. The first-order chi connectivity index (χ1) is 8.11. The van der Waals surface area contributed by atoms with Crippen LogP contribution in [0.5, 0.6) is 0 Å². The third-order valence-electron chi connectivity index (χ3n) is 2.27. The standard InChI is InChI=1S/C13H22O4/c1-3-5-6-7-8-11(13(15)16)10-12(14)17-9-4-2/h6-7,11H,3-5,8-10H2,1-2H3,(H,15,16)/b7-6+. The molecule has 17 heavy (non-hydrogen) atoms. The Labute approximate surface area is 103 Å². The van der Waals surface area contributed by atoms with E-state index < -0.39 is 17.9 Å². The predicted octanol–water partition coefficient (Wildman–Crippen LogP) is 2.78. The highest BCUT2D eigenvalue weighted by atomic mass is 16.5. The van der Waals surface area contributed by atoms with Gasteiger partial charge < -0.3 is 9.84 Å². The van der Waals surface area contributed by atoms with Crippen LogP contribution in [-0.4, -0.2) is 23.7 Å². The molecule has 0 bridgehead atoms. The van der Waals surface area contributed by atoms with Crippen molar-refractivity contribution in [1.82, 2.24) is 0 Å². The number of carbonyl (C=O) groups is 2. The van der Waals surface area contributed by atoms with E-state index in [0.29, 0.717) is 13.0 Å². The molecule has 0 aromatic rings. The number of rotatable bonds is 9. The van der Waals surface area contributed by atoms with Gasteiger partial charge in [-0.25, -0.2) is 0 Å². The molecule has 4 heteroatoms. The number of esters is 1. The first-order valence-corrected chi connectivity index (χ1v) is 6.15. The van der Waals surface area contributed by atoms with Crippen molar-refractivity contribution in [2.45, 2.75) is 46.0 Å². The van der Waals surface area contributed by atoms with Gasteiger partial charge >= 0.3 is 11.9 Å². The zero-order valence-corrected chi connectivity index (χ0v) is 10.6. The minimum absolute atomic E-state index is 0.0498. The molecule has 0 rings (SSSR count). The number of aliphatic carboxylic acids is 1. The molecule has 1 N–H and O–H groups in total.